The summed E-state index contributed by atoms with van der Waals surface area (Å²) in [7, 11) is 0. The Morgan fingerprint density at radius 2 is 2.00 bits per heavy atom. The minimum atomic E-state index is -0.0291. The highest BCUT2D eigenvalue weighted by Gasteiger charge is 2.34. The maximum atomic E-state index is 11.5. The van der Waals surface area contributed by atoms with Crippen molar-refractivity contribution in [2.45, 2.75) is 18.5 Å². The van der Waals surface area contributed by atoms with Crippen LogP contribution in [0.25, 0.3) is 0 Å². The van der Waals surface area contributed by atoms with Gasteiger partial charge in [0.05, 0.1) is 0 Å². The molecule has 68 valence electrons. The van der Waals surface area contributed by atoms with Crippen LogP contribution in [0.1, 0.15) is 16.8 Å². The number of benzene rings is 1. The molecule has 1 aliphatic carbocycles. The topological polar surface area (TPSA) is 55.1 Å². The summed E-state index contributed by atoms with van der Waals surface area (Å²) >= 11 is 0. The second-order valence-corrected chi connectivity index (χ2v) is 3.35. The normalized spacial score (nSPS) is 25.3. The van der Waals surface area contributed by atoms with Crippen LogP contribution in [0, 0.1) is 0 Å². The van der Waals surface area contributed by atoms with E-state index in [9.17, 15) is 4.79 Å². The van der Waals surface area contributed by atoms with Crippen LogP contribution >= 0.6 is 0 Å². The average Bonchev–Trinajstić information content (AvgIpc) is 2.83. The van der Waals surface area contributed by atoms with E-state index >= 15 is 0 Å². The van der Waals surface area contributed by atoms with Crippen LogP contribution in [0.15, 0.2) is 30.3 Å². The third kappa shape index (κ3) is 1.87. The van der Waals surface area contributed by atoms with E-state index in [1.165, 1.54) is 0 Å². The van der Waals surface area contributed by atoms with Gasteiger partial charge in [-0.1, -0.05) is 18.2 Å². The number of hydrogen-bond acceptors (Lipinski definition) is 2. The van der Waals surface area contributed by atoms with Crippen LogP contribution in [-0.4, -0.2) is 18.0 Å². The van der Waals surface area contributed by atoms with Crippen molar-refractivity contribution in [3.05, 3.63) is 35.9 Å². The third-order valence-electron chi connectivity index (χ3n) is 2.19. The van der Waals surface area contributed by atoms with Gasteiger partial charge in [-0.25, -0.2) is 0 Å². The van der Waals surface area contributed by atoms with Crippen LogP contribution in [0.5, 0.6) is 0 Å². The van der Waals surface area contributed by atoms with Crippen LogP contribution in [0.2, 0.25) is 0 Å². The van der Waals surface area contributed by atoms with Gasteiger partial charge in [0.2, 0.25) is 0 Å². The summed E-state index contributed by atoms with van der Waals surface area (Å²) in [5.74, 6) is -0.0291. The molecular formula is C10H12N2O. The van der Waals surface area contributed by atoms with Crippen LogP contribution in [-0.2, 0) is 0 Å². The molecule has 1 aliphatic rings. The fourth-order valence-electron chi connectivity index (χ4n) is 1.22. The van der Waals surface area contributed by atoms with Crippen molar-refractivity contribution in [1.82, 2.24) is 5.32 Å². The average molecular weight is 176 g/mol. The van der Waals surface area contributed by atoms with Crippen LogP contribution < -0.4 is 11.1 Å². The Morgan fingerprint density at radius 3 is 2.54 bits per heavy atom. The van der Waals surface area contributed by atoms with Gasteiger partial charge in [0.15, 0.2) is 0 Å². The summed E-state index contributed by atoms with van der Waals surface area (Å²) in [6, 6.07) is 9.52. The molecule has 3 N–H and O–H groups in total. The van der Waals surface area contributed by atoms with Gasteiger partial charge in [0, 0.05) is 17.6 Å². The zero-order valence-electron chi connectivity index (χ0n) is 7.23. The largest absolute Gasteiger partial charge is 0.348 e. The lowest BCUT2D eigenvalue weighted by atomic mass is 10.2. The Kier molecular flexibility index (Phi) is 2.02. The van der Waals surface area contributed by atoms with E-state index in [1.54, 1.807) is 12.1 Å². The van der Waals surface area contributed by atoms with E-state index in [-0.39, 0.29) is 18.0 Å². The lowest BCUT2D eigenvalue weighted by Crippen LogP contribution is -2.29. The molecule has 0 bridgehead atoms. The quantitative estimate of drug-likeness (QED) is 0.690. The maximum absolute atomic E-state index is 11.5. The SMILES string of the molecule is NC1CC1NC(=O)c1ccccc1. The third-order valence-corrected chi connectivity index (χ3v) is 2.19. The van der Waals surface area contributed by atoms with E-state index in [2.05, 4.69) is 5.32 Å². The molecule has 0 heterocycles. The Labute approximate surface area is 76.9 Å². The van der Waals surface area contributed by atoms with Crippen molar-refractivity contribution < 1.29 is 4.79 Å². The zero-order valence-corrected chi connectivity index (χ0v) is 7.23. The minimum Gasteiger partial charge on any atom is -0.348 e. The monoisotopic (exact) mass is 176 g/mol. The van der Waals surface area contributed by atoms with E-state index in [1.807, 2.05) is 18.2 Å². The second kappa shape index (κ2) is 3.18. The first-order valence-electron chi connectivity index (χ1n) is 4.39. The van der Waals surface area contributed by atoms with Gasteiger partial charge in [-0.3, -0.25) is 4.79 Å². The summed E-state index contributed by atoms with van der Waals surface area (Å²) in [6.07, 6.45) is 0.901. The molecule has 1 fully saturated rings. The summed E-state index contributed by atoms with van der Waals surface area (Å²) in [4.78, 5) is 11.5. The van der Waals surface area contributed by atoms with Crippen molar-refractivity contribution in [3.8, 4) is 0 Å². The Bertz CT molecular complexity index is 310. The Balaban J connectivity index is 1.98. The molecule has 1 aromatic rings. The standard InChI is InChI=1S/C10H12N2O/c11-8-6-9(8)12-10(13)7-4-2-1-3-5-7/h1-5,8-9H,6,11H2,(H,12,13). The van der Waals surface area contributed by atoms with Gasteiger partial charge in [-0.2, -0.15) is 0 Å². The summed E-state index contributed by atoms with van der Waals surface area (Å²) in [5, 5.41) is 2.86. The molecule has 0 saturated heterocycles. The van der Waals surface area contributed by atoms with E-state index in [0.717, 1.165) is 6.42 Å². The molecule has 0 aromatic heterocycles. The van der Waals surface area contributed by atoms with Gasteiger partial charge >= 0.3 is 0 Å². The number of rotatable bonds is 2. The number of hydrogen-bond donors (Lipinski definition) is 2. The Morgan fingerprint density at radius 1 is 1.38 bits per heavy atom. The van der Waals surface area contributed by atoms with Crippen LogP contribution in [0.3, 0.4) is 0 Å². The Hall–Kier alpha value is -1.35. The van der Waals surface area contributed by atoms with E-state index in [4.69, 9.17) is 5.73 Å². The highest BCUT2D eigenvalue weighted by atomic mass is 16.1. The lowest BCUT2D eigenvalue weighted by Gasteiger charge is -2.02. The first-order chi connectivity index (χ1) is 6.27. The molecular weight excluding hydrogens is 164 g/mol. The van der Waals surface area contributed by atoms with Gasteiger partial charge in [0.25, 0.3) is 5.91 Å². The fraction of sp³-hybridized carbons (Fsp3) is 0.300. The predicted molar refractivity (Wildman–Crippen MR) is 50.3 cm³/mol. The number of nitrogens with two attached hydrogens (primary N) is 1. The molecule has 0 aliphatic heterocycles. The van der Waals surface area contributed by atoms with Crippen LogP contribution in [0.4, 0.5) is 0 Å². The molecule has 2 rings (SSSR count). The minimum absolute atomic E-state index is 0.0291. The number of carbonyl (C=O) groups excluding carboxylic acids is 1. The molecule has 2 unspecified atom stereocenters. The van der Waals surface area contributed by atoms with Gasteiger partial charge in [-0.05, 0) is 18.6 Å². The number of carbonyl (C=O) groups is 1. The molecule has 1 aromatic carbocycles. The highest BCUT2D eigenvalue weighted by Crippen LogP contribution is 2.18. The zero-order chi connectivity index (χ0) is 9.26. The molecule has 2 atom stereocenters. The van der Waals surface area contributed by atoms with Crippen molar-refractivity contribution in [3.63, 3.8) is 0 Å². The van der Waals surface area contributed by atoms with Crippen molar-refractivity contribution in [2.75, 3.05) is 0 Å². The molecule has 0 radical (unpaired) electrons. The van der Waals surface area contributed by atoms with Gasteiger partial charge in [-0.15, -0.1) is 0 Å². The molecule has 1 saturated carbocycles. The van der Waals surface area contributed by atoms with E-state index in [0.29, 0.717) is 5.56 Å². The molecule has 0 spiro atoms. The number of nitrogens with one attached hydrogen (secondary N) is 1. The smallest absolute Gasteiger partial charge is 0.251 e. The maximum Gasteiger partial charge on any atom is 0.251 e. The summed E-state index contributed by atoms with van der Waals surface area (Å²) in [5.41, 5.74) is 6.27. The first-order valence-corrected chi connectivity index (χ1v) is 4.39. The van der Waals surface area contributed by atoms with Crippen molar-refractivity contribution in [2.24, 2.45) is 5.73 Å². The predicted octanol–water partition coefficient (Wildman–Crippen LogP) is 0.516. The molecule has 3 heteroatoms. The van der Waals surface area contributed by atoms with Crippen molar-refractivity contribution in [1.29, 1.82) is 0 Å². The molecule has 3 nitrogen and oxygen atoms in total. The first kappa shape index (κ1) is 8.26. The fourth-order valence-corrected chi connectivity index (χ4v) is 1.22. The van der Waals surface area contributed by atoms with Gasteiger partial charge in [0.1, 0.15) is 0 Å². The molecule has 1 amide bonds. The second-order valence-electron chi connectivity index (χ2n) is 3.35. The van der Waals surface area contributed by atoms with Gasteiger partial charge < -0.3 is 11.1 Å². The summed E-state index contributed by atoms with van der Waals surface area (Å²) in [6.45, 7) is 0. The number of amides is 1. The highest BCUT2D eigenvalue weighted by molar-refractivity contribution is 5.94. The lowest BCUT2D eigenvalue weighted by molar-refractivity contribution is 0.0950. The summed E-state index contributed by atoms with van der Waals surface area (Å²) < 4.78 is 0. The van der Waals surface area contributed by atoms with E-state index < -0.39 is 0 Å². The molecule has 13 heavy (non-hydrogen) atoms. The van der Waals surface area contributed by atoms with Crippen molar-refractivity contribution >= 4 is 5.91 Å².